The predicted molar refractivity (Wildman–Crippen MR) is 154 cm³/mol. The third-order valence-corrected chi connectivity index (χ3v) is 6.27. The van der Waals surface area contributed by atoms with E-state index in [1.54, 1.807) is 6.07 Å². The molecule has 9 heteroatoms. The molecule has 2 aliphatic heterocycles. The molecule has 1 fully saturated rings. The fourth-order valence-electron chi connectivity index (χ4n) is 4.09. The first-order chi connectivity index (χ1) is 18.1. The molecular weight excluding hydrogens is 478 g/mol. The number of benzene rings is 2. The van der Waals surface area contributed by atoms with Crippen LogP contribution in [-0.2, 0) is 10.3 Å². The topological polar surface area (TPSA) is 139 Å². The van der Waals surface area contributed by atoms with Crippen molar-refractivity contribution in [1.29, 1.82) is 0 Å². The van der Waals surface area contributed by atoms with Gasteiger partial charge in [-0.3, -0.25) is 9.79 Å². The van der Waals surface area contributed by atoms with Crippen LogP contribution in [0.1, 0.15) is 41.8 Å². The third-order valence-electron chi connectivity index (χ3n) is 6.27. The van der Waals surface area contributed by atoms with Crippen LogP contribution < -0.4 is 27.4 Å². The summed E-state index contributed by atoms with van der Waals surface area (Å²) in [7, 11) is 0. The minimum absolute atomic E-state index is 0.200. The van der Waals surface area contributed by atoms with Crippen LogP contribution in [0.5, 0.6) is 0 Å². The Bertz CT molecular complexity index is 1340. The number of hydrogen-bond donors (Lipinski definition) is 5. The average Bonchev–Trinajstić information content (AvgIpc) is 3.39. The SMILES string of the molecule is C=C/N=C1/C=CC(N[C@H]2CCOC2)=N/C1=C(/N)Nc1cc(NC(=O)c2cccc(C(C)(C)N)c2)ccc1C. The Morgan fingerprint density at radius 2 is 2.03 bits per heavy atom. The van der Waals surface area contributed by atoms with Crippen LogP contribution in [0.3, 0.4) is 0 Å². The third kappa shape index (κ3) is 6.56. The van der Waals surface area contributed by atoms with Crippen molar-refractivity contribution < 1.29 is 9.53 Å². The lowest BCUT2D eigenvalue weighted by atomic mass is 9.94. The maximum atomic E-state index is 13.0. The summed E-state index contributed by atoms with van der Waals surface area (Å²) in [5, 5.41) is 9.59. The molecule has 0 aromatic heterocycles. The van der Waals surface area contributed by atoms with Crippen molar-refractivity contribution >= 4 is 28.8 Å². The fourth-order valence-corrected chi connectivity index (χ4v) is 4.09. The molecule has 7 N–H and O–H groups in total. The van der Waals surface area contributed by atoms with Crippen molar-refractivity contribution in [2.45, 2.75) is 38.8 Å². The van der Waals surface area contributed by atoms with Gasteiger partial charge in [-0.15, -0.1) is 0 Å². The number of dihydropyridines is 1. The molecule has 9 nitrogen and oxygen atoms in total. The molecule has 0 bridgehead atoms. The number of carbonyl (C=O) groups excluding carboxylic acids is 1. The van der Waals surface area contributed by atoms with Gasteiger partial charge in [0.1, 0.15) is 17.4 Å². The average molecular weight is 514 g/mol. The zero-order valence-electron chi connectivity index (χ0n) is 22.0. The largest absolute Gasteiger partial charge is 0.383 e. The minimum Gasteiger partial charge on any atom is -0.383 e. The van der Waals surface area contributed by atoms with Crippen LogP contribution in [-0.4, -0.2) is 36.7 Å². The summed E-state index contributed by atoms with van der Waals surface area (Å²) in [6.07, 6.45) is 6.07. The quantitative estimate of drug-likeness (QED) is 0.380. The Morgan fingerprint density at radius 1 is 1.21 bits per heavy atom. The summed E-state index contributed by atoms with van der Waals surface area (Å²) in [6.45, 7) is 10.8. The molecule has 2 aromatic carbocycles. The summed E-state index contributed by atoms with van der Waals surface area (Å²) in [5.41, 5.74) is 16.9. The van der Waals surface area contributed by atoms with Gasteiger partial charge in [0.2, 0.25) is 0 Å². The van der Waals surface area contributed by atoms with Gasteiger partial charge in [-0.25, -0.2) is 4.99 Å². The van der Waals surface area contributed by atoms with E-state index in [0.717, 1.165) is 29.8 Å². The molecule has 1 saturated heterocycles. The zero-order chi connectivity index (χ0) is 27.3. The van der Waals surface area contributed by atoms with Crippen LogP contribution >= 0.6 is 0 Å². The first-order valence-electron chi connectivity index (χ1n) is 12.5. The van der Waals surface area contributed by atoms with Crippen LogP contribution in [0.25, 0.3) is 0 Å². The maximum absolute atomic E-state index is 13.0. The molecule has 198 valence electrons. The van der Waals surface area contributed by atoms with E-state index >= 15 is 0 Å². The first kappa shape index (κ1) is 26.8. The number of amides is 1. The second kappa shape index (κ2) is 11.5. The van der Waals surface area contributed by atoms with Gasteiger partial charge in [0.15, 0.2) is 0 Å². The van der Waals surface area contributed by atoms with E-state index in [1.807, 2.05) is 69.3 Å². The van der Waals surface area contributed by atoms with Gasteiger partial charge in [0.25, 0.3) is 5.91 Å². The number of anilines is 2. The molecule has 38 heavy (non-hydrogen) atoms. The Balaban J connectivity index is 1.56. The van der Waals surface area contributed by atoms with Gasteiger partial charge >= 0.3 is 0 Å². The van der Waals surface area contributed by atoms with Gasteiger partial charge < -0.3 is 32.2 Å². The van der Waals surface area contributed by atoms with E-state index in [4.69, 9.17) is 21.2 Å². The molecule has 0 spiro atoms. The van der Waals surface area contributed by atoms with Crippen molar-refractivity contribution in [2.24, 2.45) is 21.5 Å². The summed E-state index contributed by atoms with van der Waals surface area (Å²) in [6, 6.07) is 13.1. The number of nitrogens with zero attached hydrogens (tertiary/aromatic N) is 2. The van der Waals surface area contributed by atoms with E-state index < -0.39 is 5.54 Å². The number of aryl methyl sites for hydroxylation is 1. The molecule has 4 rings (SSSR count). The number of ether oxygens (including phenoxy) is 1. The Labute approximate surface area is 223 Å². The predicted octanol–water partition coefficient (Wildman–Crippen LogP) is 3.91. The van der Waals surface area contributed by atoms with Crippen LogP contribution in [0.2, 0.25) is 0 Å². The standard InChI is InChI=1S/C29H35N7O2/c1-5-32-23-11-12-25(33-22-13-14-38-17-22)36-26(23)27(30)35-24-16-21(10-9-18(24)2)34-28(37)19-7-6-8-20(15-19)29(3,4)31/h5-12,15-16,22,35H,1,13-14,17,30-31H2,2-4H3,(H,33,36)(H,34,37)/b27-26-,32-23-/t22-/m0/s1. The van der Waals surface area contributed by atoms with Crippen molar-refractivity contribution in [1.82, 2.24) is 5.32 Å². The summed E-state index contributed by atoms with van der Waals surface area (Å²) in [5.74, 6) is 0.775. The molecule has 0 saturated carbocycles. The number of allylic oxidation sites excluding steroid dienone is 1. The van der Waals surface area contributed by atoms with E-state index in [0.29, 0.717) is 40.9 Å². The van der Waals surface area contributed by atoms with Crippen molar-refractivity contribution in [2.75, 3.05) is 23.8 Å². The van der Waals surface area contributed by atoms with Crippen molar-refractivity contribution in [3.8, 4) is 0 Å². The number of aliphatic imine (C=N–C) groups is 2. The summed E-state index contributed by atoms with van der Waals surface area (Å²) < 4.78 is 5.45. The number of amidine groups is 1. The van der Waals surface area contributed by atoms with Gasteiger partial charge in [0.05, 0.1) is 18.4 Å². The lowest BCUT2D eigenvalue weighted by Crippen LogP contribution is -2.35. The van der Waals surface area contributed by atoms with E-state index in [9.17, 15) is 4.79 Å². The van der Waals surface area contributed by atoms with Crippen molar-refractivity contribution in [3.05, 3.63) is 95.6 Å². The number of carbonyl (C=O) groups is 1. The number of nitrogens with two attached hydrogens (primary N) is 2. The molecule has 2 heterocycles. The molecule has 0 radical (unpaired) electrons. The van der Waals surface area contributed by atoms with Gasteiger partial charge in [-0.2, -0.15) is 0 Å². The summed E-state index contributed by atoms with van der Waals surface area (Å²) >= 11 is 0. The van der Waals surface area contributed by atoms with Crippen LogP contribution in [0.15, 0.2) is 88.9 Å². The van der Waals surface area contributed by atoms with Crippen molar-refractivity contribution in [3.63, 3.8) is 0 Å². The second-order valence-electron chi connectivity index (χ2n) is 9.91. The molecule has 1 atom stereocenters. The van der Waals surface area contributed by atoms with E-state index in [1.165, 1.54) is 6.20 Å². The zero-order valence-corrected chi connectivity index (χ0v) is 22.0. The number of rotatable bonds is 7. The Kier molecular flexibility index (Phi) is 8.09. The highest BCUT2D eigenvalue weighted by molar-refractivity contribution is 6.16. The highest BCUT2D eigenvalue weighted by atomic mass is 16.5. The monoisotopic (exact) mass is 513 g/mol. The van der Waals surface area contributed by atoms with Gasteiger partial charge in [-0.1, -0.05) is 24.8 Å². The van der Waals surface area contributed by atoms with Crippen LogP contribution in [0.4, 0.5) is 11.4 Å². The first-order valence-corrected chi connectivity index (χ1v) is 12.5. The number of hydrogen-bond acceptors (Lipinski definition) is 8. The smallest absolute Gasteiger partial charge is 0.255 e. The van der Waals surface area contributed by atoms with Crippen LogP contribution in [0, 0.1) is 6.92 Å². The fraction of sp³-hybridized carbons (Fsp3) is 0.276. The molecule has 2 aromatic rings. The molecular formula is C29H35N7O2. The van der Waals surface area contributed by atoms with Gasteiger partial charge in [0, 0.05) is 35.3 Å². The summed E-state index contributed by atoms with van der Waals surface area (Å²) in [4.78, 5) is 22.0. The maximum Gasteiger partial charge on any atom is 0.255 e. The normalized spacial score (nSPS) is 19.6. The van der Waals surface area contributed by atoms with Gasteiger partial charge in [-0.05, 0) is 74.7 Å². The molecule has 2 aliphatic rings. The highest BCUT2D eigenvalue weighted by Gasteiger charge is 2.20. The Morgan fingerprint density at radius 3 is 2.74 bits per heavy atom. The lowest BCUT2D eigenvalue weighted by molar-refractivity contribution is 0.102. The molecule has 0 unspecified atom stereocenters. The second-order valence-corrected chi connectivity index (χ2v) is 9.91. The lowest BCUT2D eigenvalue weighted by Gasteiger charge is -2.20. The van der Waals surface area contributed by atoms with E-state index in [2.05, 4.69) is 27.5 Å². The molecule has 0 aliphatic carbocycles. The Hall–Kier alpha value is -4.21. The highest BCUT2D eigenvalue weighted by Crippen LogP contribution is 2.24. The minimum atomic E-state index is -0.549. The number of nitrogens with one attached hydrogen (secondary N) is 3. The molecule has 1 amide bonds. The van der Waals surface area contributed by atoms with E-state index in [-0.39, 0.29) is 11.9 Å².